The smallest absolute Gasteiger partial charge is 0.123 e. The summed E-state index contributed by atoms with van der Waals surface area (Å²) in [6, 6.07) is 3.79. The van der Waals surface area contributed by atoms with Crippen molar-refractivity contribution in [3.63, 3.8) is 0 Å². The molecule has 0 aliphatic carbocycles. The van der Waals surface area contributed by atoms with Crippen LogP contribution in [0.3, 0.4) is 0 Å². The van der Waals surface area contributed by atoms with Crippen molar-refractivity contribution in [1.29, 1.82) is 0 Å². The van der Waals surface area contributed by atoms with E-state index in [9.17, 15) is 5.11 Å². The summed E-state index contributed by atoms with van der Waals surface area (Å²) >= 11 is 0. The molecule has 0 bridgehead atoms. The maximum Gasteiger partial charge on any atom is 0.123 e. The molecule has 1 saturated heterocycles. The normalized spacial score (nSPS) is 19.2. The van der Waals surface area contributed by atoms with Gasteiger partial charge in [0.25, 0.3) is 0 Å². The van der Waals surface area contributed by atoms with E-state index in [1.54, 1.807) is 7.11 Å². The second kappa shape index (κ2) is 4.88. The zero-order valence-electron chi connectivity index (χ0n) is 11.2. The summed E-state index contributed by atoms with van der Waals surface area (Å²) in [6.07, 6.45) is 0. The van der Waals surface area contributed by atoms with Crippen LogP contribution in [-0.4, -0.2) is 38.1 Å². The number of hydrogen-bond donors (Lipinski definition) is 2. The third kappa shape index (κ3) is 1.90. The van der Waals surface area contributed by atoms with E-state index in [1.165, 1.54) is 0 Å². The van der Waals surface area contributed by atoms with E-state index in [0.29, 0.717) is 13.2 Å². The van der Waals surface area contributed by atoms with Crippen LogP contribution in [0.15, 0.2) is 12.1 Å². The number of nitrogens with two attached hydrogens (primary N) is 1. The van der Waals surface area contributed by atoms with E-state index in [1.807, 2.05) is 13.0 Å². The number of rotatable bonds is 4. The summed E-state index contributed by atoms with van der Waals surface area (Å²) in [7, 11) is 1.66. The third-order valence-electron chi connectivity index (χ3n) is 3.79. The second-order valence-corrected chi connectivity index (χ2v) is 5.10. The Bertz CT molecular complexity index is 441. The first-order valence-corrected chi connectivity index (χ1v) is 6.15. The van der Waals surface area contributed by atoms with Crippen molar-refractivity contribution in [1.82, 2.24) is 0 Å². The predicted octanol–water partition coefficient (Wildman–Crippen LogP) is 0.900. The van der Waals surface area contributed by atoms with Gasteiger partial charge in [-0.15, -0.1) is 0 Å². The lowest BCUT2D eigenvalue weighted by molar-refractivity contribution is -0.0809. The van der Waals surface area contributed by atoms with Gasteiger partial charge in [-0.3, -0.25) is 0 Å². The molecule has 18 heavy (non-hydrogen) atoms. The van der Waals surface area contributed by atoms with Crippen LogP contribution in [0.5, 0.6) is 5.75 Å². The molecule has 0 saturated carbocycles. The van der Waals surface area contributed by atoms with Crippen LogP contribution in [0.2, 0.25) is 0 Å². The average Bonchev–Trinajstić information content (AvgIpc) is 2.29. The molecule has 1 aliphatic rings. The number of aliphatic hydroxyl groups excluding tert-OH is 1. The Balaban J connectivity index is 2.55. The molecule has 2 rings (SSSR count). The van der Waals surface area contributed by atoms with Gasteiger partial charge in [-0.25, -0.2) is 0 Å². The van der Waals surface area contributed by atoms with Crippen molar-refractivity contribution in [2.75, 3.05) is 26.9 Å². The first-order chi connectivity index (χ1) is 8.55. The zero-order valence-corrected chi connectivity index (χ0v) is 11.2. The molecule has 3 N–H and O–H groups in total. The van der Waals surface area contributed by atoms with Crippen molar-refractivity contribution < 1.29 is 14.6 Å². The number of hydrogen-bond acceptors (Lipinski definition) is 4. The Labute approximate surface area is 108 Å². The molecule has 1 atom stereocenters. The van der Waals surface area contributed by atoms with Crippen LogP contribution in [0.4, 0.5) is 0 Å². The van der Waals surface area contributed by atoms with Gasteiger partial charge in [-0.05, 0) is 31.0 Å². The van der Waals surface area contributed by atoms with Crippen molar-refractivity contribution >= 4 is 0 Å². The number of ether oxygens (including phenoxy) is 2. The van der Waals surface area contributed by atoms with E-state index < -0.39 is 0 Å². The summed E-state index contributed by atoms with van der Waals surface area (Å²) in [5.41, 5.74) is 9.13. The highest BCUT2D eigenvalue weighted by atomic mass is 16.5. The highest BCUT2D eigenvalue weighted by molar-refractivity contribution is 5.50. The molecule has 1 aromatic carbocycles. The van der Waals surface area contributed by atoms with Gasteiger partial charge in [-0.1, -0.05) is 6.07 Å². The molecular weight excluding hydrogens is 230 g/mol. The highest BCUT2D eigenvalue weighted by Gasteiger charge is 2.48. The Kier molecular flexibility index (Phi) is 3.61. The Hall–Kier alpha value is -1.10. The first kappa shape index (κ1) is 13.3. The Morgan fingerprint density at radius 3 is 2.56 bits per heavy atom. The maximum atomic E-state index is 9.38. The molecule has 1 heterocycles. The van der Waals surface area contributed by atoms with Crippen LogP contribution in [0.1, 0.15) is 16.7 Å². The lowest BCUT2D eigenvalue weighted by atomic mass is 9.70. The third-order valence-corrected chi connectivity index (χ3v) is 3.79. The first-order valence-electron chi connectivity index (χ1n) is 6.15. The van der Waals surface area contributed by atoms with Crippen molar-refractivity contribution in [2.24, 2.45) is 5.73 Å². The lowest BCUT2D eigenvalue weighted by Gasteiger charge is -2.46. The van der Waals surface area contributed by atoms with Gasteiger partial charge in [-0.2, -0.15) is 0 Å². The topological polar surface area (TPSA) is 64.7 Å². The molecule has 0 amide bonds. The standard InChI is InChI=1S/C14H21NO3/c1-9-4-10(2)13(11(5-9)17-3)14(7-18-8-14)12(15)6-16/h4-5,12,16H,6-8,15H2,1-3H3. The van der Waals surface area contributed by atoms with Gasteiger partial charge in [0.1, 0.15) is 5.75 Å². The molecule has 0 radical (unpaired) electrons. The van der Waals surface area contributed by atoms with Crippen molar-refractivity contribution in [3.05, 3.63) is 28.8 Å². The number of aryl methyl sites for hydroxylation is 2. The van der Waals surface area contributed by atoms with Crippen LogP contribution in [0, 0.1) is 13.8 Å². The molecule has 0 spiro atoms. The second-order valence-electron chi connectivity index (χ2n) is 5.10. The van der Waals surface area contributed by atoms with Gasteiger partial charge >= 0.3 is 0 Å². The summed E-state index contributed by atoms with van der Waals surface area (Å²) in [5, 5.41) is 9.38. The lowest BCUT2D eigenvalue weighted by Crippen LogP contribution is -2.60. The number of methoxy groups -OCH3 is 1. The molecular formula is C14H21NO3. The van der Waals surface area contributed by atoms with Crippen LogP contribution < -0.4 is 10.5 Å². The van der Waals surface area contributed by atoms with Gasteiger partial charge in [0.15, 0.2) is 0 Å². The maximum absolute atomic E-state index is 9.38. The van der Waals surface area contributed by atoms with E-state index >= 15 is 0 Å². The highest BCUT2D eigenvalue weighted by Crippen LogP contribution is 2.42. The Morgan fingerprint density at radius 1 is 1.44 bits per heavy atom. The molecule has 1 aromatic rings. The number of benzene rings is 1. The van der Waals surface area contributed by atoms with E-state index in [0.717, 1.165) is 22.4 Å². The summed E-state index contributed by atoms with van der Waals surface area (Å²) < 4.78 is 10.8. The van der Waals surface area contributed by atoms with Crippen molar-refractivity contribution in [3.8, 4) is 5.75 Å². The fourth-order valence-electron chi connectivity index (χ4n) is 2.77. The van der Waals surface area contributed by atoms with Crippen LogP contribution >= 0.6 is 0 Å². The summed E-state index contributed by atoms with van der Waals surface area (Å²) in [4.78, 5) is 0. The molecule has 0 aromatic heterocycles. The Morgan fingerprint density at radius 2 is 2.11 bits per heavy atom. The fraction of sp³-hybridized carbons (Fsp3) is 0.571. The minimum absolute atomic E-state index is 0.0557. The number of aliphatic hydroxyl groups is 1. The molecule has 1 unspecified atom stereocenters. The van der Waals surface area contributed by atoms with E-state index in [-0.39, 0.29) is 18.1 Å². The quantitative estimate of drug-likeness (QED) is 0.834. The molecule has 1 aliphatic heterocycles. The summed E-state index contributed by atoms with van der Waals surface area (Å²) in [5.74, 6) is 0.833. The molecule has 4 heteroatoms. The molecule has 100 valence electrons. The van der Waals surface area contributed by atoms with Gasteiger partial charge in [0, 0.05) is 11.6 Å². The van der Waals surface area contributed by atoms with E-state index in [4.69, 9.17) is 15.2 Å². The van der Waals surface area contributed by atoms with Gasteiger partial charge in [0.05, 0.1) is 32.3 Å². The van der Waals surface area contributed by atoms with Crippen molar-refractivity contribution in [2.45, 2.75) is 25.3 Å². The van der Waals surface area contributed by atoms with Gasteiger partial charge < -0.3 is 20.3 Å². The summed E-state index contributed by atoms with van der Waals surface area (Å²) in [6.45, 7) is 5.11. The van der Waals surface area contributed by atoms with Crippen LogP contribution in [0.25, 0.3) is 0 Å². The van der Waals surface area contributed by atoms with E-state index in [2.05, 4.69) is 13.0 Å². The largest absolute Gasteiger partial charge is 0.496 e. The zero-order chi connectivity index (χ0) is 13.3. The van der Waals surface area contributed by atoms with Crippen LogP contribution in [-0.2, 0) is 10.2 Å². The average molecular weight is 251 g/mol. The van der Waals surface area contributed by atoms with Gasteiger partial charge in [0.2, 0.25) is 0 Å². The molecule has 1 fully saturated rings. The molecule has 4 nitrogen and oxygen atoms in total. The SMILES string of the molecule is COc1cc(C)cc(C)c1C1(C(N)CO)COC1. The predicted molar refractivity (Wildman–Crippen MR) is 70.0 cm³/mol. The monoisotopic (exact) mass is 251 g/mol. The minimum atomic E-state index is -0.332. The minimum Gasteiger partial charge on any atom is -0.496 e. The fourth-order valence-corrected chi connectivity index (χ4v) is 2.77.